The molecule has 18 heavy (non-hydrogen) atoms. The van der Waals surface area contributed by atoms with Crippen molar-refractivity contribution in [3.63, 3.8) is 0 Å². The number of nitrogens with zero attached hydrogens (tertiary/aromatic N) is 2. The number of hydrogen-bond acceptors (Lipinski definition) is 5. The third kappa shape index (κ3) is 10.5. The molecule has 0 aliphatic carbocycles. The summed E-state index contributed by atoms with van der Waals surface area (Å²) in [7, 11) is 0. The van der Waals surface area contributed by atoms with Gasteiger partial charge in [-0.2, -0.15) is 10.2 Å². The first-order chi connectivity index (χ1) is 7.97. The van der Waals surface area contributed by atoms with Crippen molar-refractivity contribution in [1.29, 1.82) is 0 Å². The topological polar surface area (TPSA) is 110 Å². The molecule has 0 rings (SSSR count). The average Bonchev–Trinajstić information content (AvgIpc) is 2.22. The van der Waals surface area contributed by atoms with Crippen LogP contribution in [-0.4, -0.2) is 34.9 Å². The molecule has 0 aromatic rings. The van der Waals surface area contributed by atoms with Gasteiger partial charge in [0.2, 0.25) is 0 Å². The van der Waals surface area contributed by atoms with Crippen molar-refractivity contribution in [3.05, 3.63) is 0 Å². The van der Waals surface area contributed by atoms with Gasteiger partial charge in [0.1, 0.15) is 11.8 Å². The van der Waals surface area contributed by atoms with Crippen molar-refractivity contribution in [2.45, 2.75) is 20.0 Å². The summed E-state index contributed by atoms with van der Waals surface area (Å²) >= 11 is 9.23. The summed E-state index contributed by atoms with van der Waals surface area (Å²) in [6.07, 6.45) is 1.16. The quantitative estimate of drug-likeness (QED) is 0.233. The van der Waals surface area contributed by atoms with Gasteiger partial charge in [0.25, 0.3) is 0 Å². The molecule has 1 atom stereocenters. The molecule has 0 aliphatic heterocycles. The van der Waals surface area contributed by atoms with E-state index >= 15 is 0 Å². The third-order valence-electron chi connectivity index (χ3n) is 1.50. The van der Waals surface area contributed by atoms with Crippen LogP contribution >= 0.6 is 24.4 Å². The molecule has 106 valence electrons. The second-order valence-corrected chi connectivity index (χ2v) is 3.72. The van der Waals surface area contributed by atoms with Gasteiger partial charge in [0.05, 0.1) is 6.21 Å². The number of ether oxygens (including phenoxy) is 1. The fourth-order valence-electron chi connectivity index (χ4n) is 0.842. The summed E-state index contributed by atoms with van der Waals surface area (Å²) in [5, 5.41) is 7.84. The van der Waals surface area contributed by atoms with Gasteiger partial charge in [-0.1, -0.05) is 0 Å². The molecular formula is C8H16N6OPtS2. The van der Waals surface area contributed by atoms with E-state index in [4.69, 9.17) is 16.2 Å². The van der Waals surface area contributed by atoms with Crippen molar-refractivity contribution in [3.8, 4) is 0 Å². The summed E-state index contributed by atoms with van der Waals surface area (Å²) in [5.41, 5.74) is 15.8. The fourth-order valence-corrected chi connectivity index (χ4v) is 0.940. The number of nitrogens with two attached hydrogens (primary N) is 2. The van der Waals surface area contributed by atoms with Crippen LogP contribution < -0.4 is 22.3 Å². The van der Waals surface area contributed by atoms with E-state index in [0.717, 1.165) is 0 Å². The van der Waals surface area contributed by atoms with Gasteiger partial charge in [-0.25, -0.2) is 0 Å². The van der Waals surface area contributed by atoms with Crippen LogP contribution in [0.25, 0.3) is 0 Å². The molecule has 0 radical (unpaired) electrons. The number of nitrogens with one attached hydrogen (secondary N) is 2. The van der Waals surface area contributed by atoms with Crippen LogP contribution in [0.5, 0.6) is 0 Å². The number of thiocarbonyl (C=S) groups is 2. The Morgan fingerprint density at radius 1 is 1.33 bits per heavy atom. The maximum atomic E-state index is 5.36. The van der Waals surface area contributed by atoms with Crippen LogP contribution in [-0.2, 0) is 25.8 Å². The van der Waals surface area contributed by atoms with Crippen LogP contribution in [0.3, 0.4) is 0 Å². The van der Waals surface area contributed by atoms with Gasteiger partial charge in [-0.15, -0.1) is 0 Å². The van der Waals surface area contributed by atoms with Crippen LogP contribution in [0.15, 0.2) is 10.2 Å². The first-order valence-electron chi connectivity index (χ1n) is 4.80. The minimum absolute atomic E-state index is 0. The minimum Gasteiger partial charge on any atom is -0.375 e. The zero-order valence-corrected chi connectivity index (χ0v) is 13.9. The average molecular weight is 471 g/mol. The van der Waals surface area contributed by atoms with E-state index in [-0.39, 0.29) is 37.4 Å². The molecule has 0 fully saturated rings. The van der Waals surface area contributed by atoms with Crippen molar-refractivity contribution in [2.75, 3.05) is 6.61 Å². The Balaban J connectivity index is 0. The van der Waals surface area contributed by atoms with E-state index in [1.54, 1.807) is 0 Å². The van der Waals surface area contributed by atoms with Crippen molar-refractivity contribution in [1.82, 2.24) is 10.9 Å². The second kappa shape index (κ2) is 11.5. The molecular weight excluding hydrogens is 455 g/mol. The first-order valence-corrected chi connectivity index (χ1v) is 5.62. The summed E-state index contributed by atoms with van der Waals surface area (Å²) in [6, 6.07) is 0. The predicted octanol–water partition coefficient (Wildman–Crippen LogP) is -0.583. The van der Waals surface area contributed by atoms with Gasteiger partial charge >= 0.3 is 0 Å². The SMILES string of the molecule is CCOC(C)C(C=NNC(N)=S)=NNC(N)=S.[Pt]. The number of hydrazone groups is 2. The second-order valence-electron chi connectivity index (χ2n) is 2.84. The molecule has 0 aliphatic rings. The molecule has 1 unspecified atom stereocenters. The molecule has 0 bridgehead atoms. The first kappa shape index (κ1) is 19.7. The maximum Gasteiger partial charge on any atom is 0.184 e. The van der Waals surface area contributed by atoms with Gasteiger partial charge in [-0.3, -0.25) is 10.9 Å². The molecule has 0 aromatic carbocycles. The Hall–Kier alpha value is -0.632. The molecule has 0 saturated heterocycles. The van der Waals surface area contributed by atoms with E-state index in [1.807, 2.05) is 13.8 Å². The summed E-state index contributed by atoms with van der Waals surface area (Å²) < 4.78 is 5.36. The largest absolute Gasteiger partial charge is 0.375 e. The summed E-state index contributed by atoms with van der Waals surface area (Å²) in [5.74, 6) is 0. The number of hydrogen-bond donors (Lipinski definition) is 4. The van der Waals surface area contributed by atoms with E-state index in [0.29, 0.717) is 12.3 Å². The Morgan fingerprint density at radius 3 is 2.33 bits per heavy atom. The molecule has 0 heterocycles. The normalized spacial score (nSPS) is 12.7. The monoisotopic (exact) mass is 471 g/mol. The maximum absolute atomic E-state index is 5.36. The fraction of sp³-hybridized carbons (Fsp3) is 0.500. The molecule has 7 nitrogen and oxygen atoms in total. The van der Waals surface area contributed by atoms with Crippen LogP contribution in [0.1, 0.15) is 13.8 Å². The molecule has 6 N–H and O–H groups in total. The van der Waals surface area contributed by atoms with Crippen molar-refractivity contribution < 1.29 is 25.8 Å². The van der Waals surface area contributed by atoms with Crippen molar-refractivity contribution >= 4 is 46.6 Å². The zero-order chi connectivity index (χ0) is 13.3. The standard InChI is InChI=1S/C8H16N6OS2.Pt/c1-3-15-5(2)6(12-14-8(10)17)4-11-13-7(9)16;/h4-5H,3H2,1-2H3,(H3,9,13,16)(H3,10,14,17);. The Bertz CT molecular complexity index is 336. The summed E-state index contributed by atoms with van der Waals surface area (Å²) in [4.78, 5) is 0. The van der Waals surface area contributed by atoms with Gasteiger partial charge < -0.3 is 16.2 Å². The molecule has 0 spiro atoms. The van der Waals surface area contributed by atoms with Gasteiger partial charge in [0.15, 0.2) is 10.2 Å². The molecule has 0 saturated carbocycles. The van der Waals surface area contributed by atoms with Crippen LogP contribution in [0.2, 0.25) is 0 Å². The van der Waals surface area contributed by atoms with E-state index in [2.05, 4.69) is 45.5 Å². The molecule has 0 amide bonds. The zero-order valence-electron chi connectivity index (χ0n) is 9.95. The Kier molecular flexibility index (Phi) is 12.5. The smallest absolute Gasteiger partial charge is 0.184 e. The molecule has 10 heteroatoms. The Labute approximate surface area is 131 Å². The summed E-state index contributed by atoms with van der Waals surface area (Å²) in [6.45, 7) is 4.24. The van der Waals surface area contributed by atoms with E-state index in [9.17, 15) is 0 Å². The Morgan fingerprint density at radius 2 is 1.89 bits per heavy atom. The minimum atomic E-state index is -0.265. The van der Waals surface area contributed by atoms with E-state index in [1.165, 1.54) is 6.21 Å². The third-order valence-corrected chi connectivity index (χ3v) is 1.68. The van der Waals surface area contributed by atoms with Gasteiger partial charge in [-0.05, 0) is 38.3 Å². The van der Waals surface area contributed by atoms with Crippen LogP contribution in [0.4, 0.5) is 0 Å². The number of rotatable bonds is 6. The predicted molar refractivity (Wildman–Crippen MR) is 76.9 cm³/mol. The van der Waals surface area contributed by atoms with Gasteiger partial charge in [0, 0.05) is 27.7 Å². The van der Waals surface area contributed by atoms with Crippen molar-refractivity contribution in [2.24, 2.45) is 21.7 Å². The molecule has 0 aromatic heterocycles. The van der Waals surface area contributed by atoms with Crippen LogP contribution in [0, 0.1) is 0 Å². The van der Waals surface area contributed by atoms with E-state index < -0.39 is 0 Å².